The van der Waals surface area contributed by atoms with E-state index in [0.29, 0.717) is 0 Å². The Kier molecular flexibility index (Phi) is 2.41. The highest BCUT2D eigenvalue weighted by Crippen LogP contribution is 2.38. The van der Waals surface area contributed by atoms with Gasteiger partial charge in [0.1, 0.15) is 5.66 Å². The fourth-order valence-corrected chi connectivity index (χ4v) is 3.17. The zero-order valence-corrected chi connectivity index (χ0v) is 11.1. The van der Waals surface area contributed by atoms with Crippen molar-refractivity contribution in [2.45, 2.75) is 12.6 Å². The van der Waals surface area contributed by atoms with Crippen molar-refractivity contribution < 1.29 is 4.79 Å². The average Bonchev–Trinajstić information content (AvgIpc) is 2.91. The van der Waals surface area contributed by atoms with Gasteiger partial charge in [-0.3, -0.25) is 4.79 Å². The highest BCUT2D eigenvalue weighted by atomic mass is 32.1. The van der Waals surface area contributed by atoms with E-state index in [9.17, 15) is 4.79 Å². The van der Waals surface area contributed by atoms with E-state index in [1.165, 1.54) is 0 Å². The molecule has 1 unspecified atom stereocenters. The molecule has 1 aromatic heterocycles. The van der Waals surface area contributed by atoms with Crippen molar-refractivity contribution in [2.75, 3.05) is 12.4 Å². The summed E-state index contributed by atoms with van der Waals surface area (Å²) < 4.78 is 0. The van der Waals surface area contributed by atoms with Gasteiger partial charge in [-0.15, -0.1) is 11.3 Å². The molecule has 4 heteroatoms. The summed E-state index contributed by atoms with van der Waals surface area (Å²) in [6.07, 6.45) is 0. The van der Waals surface area contributed by atoms with Gasteiger partial charge < -0.3 is 10.2 Å². The molecule has 0 saturated carbocycles. The minimum atomic E-state index is -0.473. The topological polar surface area (TPSA) is 32.3 Å². The number of thiophene rings is 1. The van der Waals surface area contributed by atoms with Crippen molar-refractivity contribution in [3.05, 3.63) is 52.2 Å². The van der Waals surface area contributed by atoms with Crippen LogP contribution in [0.25, 0.3) is 0 Å². The fraction of sp³-hybridized carbons (Fsp3) is 0.214. The minimum Gasteiger partial charge on any atom is -0.358 e. The summed E-state index contributed by atoms with van der Waals surface area (Å²) in [6, 6.07) is 11.7. The zero-order valence-electron chi connectivity index (χ0n) is 10.3. The van der Waals surface area contributed by atoms with Crippen LogP contribution < -0.4 is 5.32 Å². The van der Waals surface area contributed by atoms with E-state index in [-0.39, 0.29) is 5.91 Å². The third-order valence-corrected chi connectivity index (χ3v) is 4.59. The lowest BCUT2D eigenvalue weighted by molar-refractivity contribution is 0.0621. The molecule has 0 aliphatic carbocycles. The van der Waals surface area contributed by atoms with Crippen molar-refractivity contribution in [3.8, 4) is 0 Å². The predicted octanol–water partition coefficient (Wildman–Crippen LogP) is 3.12. The zero-order chi connectivity index (χ0) is 12.8. The summed E-state index contributed by atoms with van der Waals surface area (Å²) >= 11 is 1.65. The van der Waals surface area contributed by atoms with Crippen molar-refractivity contribution in [1.82, 2.24) is 4.90 Å². The Labute approximate surface area is 110 Å². The maximum absolute atomic E-state index is 12.4. The summed E-state index contributed by atoms with van der Waals surface area (Å²) in [5.41, 5.74) is 1.16. The maximum Gasteiger partial charge on any atom is 0.257 e. The monoisotopic (exact) mass is 258 g/mol. The van der Waals surface area contributed by atoms with E-state index >= 15 is 0 Å². The van der Waals surface area contributed by atoms with Crippen LogP contribution >= 0.6 is 11.3 Å². The molecule has 0 radical (unpaired) electrons. The molecule has 18 heavy (non-hydrogen) atoms. The molecule has 2 aromatic rings. The van der Waals surface area contributed by atoms with E-state index in [0.717, 1.165) is 16.1 Å². The molecule has 1 aliphatic heterocycles. The molecule has 0 spiro atoms. The van der Waals surface area contributed by atoms with Gasteiger partial charge in [-0.25, -0.2) is 0 Å². The van der Waals surface area contributed by atoms with Crippen LogP contribution in [-0.2, 0) is 5.66 Å². The molecule has 1 aliphatic rings. The van der Waals surface area contributed by atoms with Crippen LogP contribution in [0.15, 0.2) is 41.8 Å². The summed E-state index contributed by atoms with van der Waals surface area (Å²) in [6.45, 7) is 2.03. The Balaban J connectivity index is 2.14. The van der Waals surface area contributed by atoms with Gasteiger partial charge >= 0.3 is 0 Å². The lowest BCUT2D eigenvalue weighted by Gasteiger charge is -2.43. The number of nitrogens with zero attached hydrogens (tertiary/aromatic N) is 1. The number of rotatable bonds is 1. The lowest BCUT2D eigenvalue weighted by atomic mass is 10.0. The van der Waals surface area contributed by atoms with Crippen molar-refractivity contribution >= 4 is 22.9 Å². The van der Waals surface area contributed by atoms with Crippen LogP contribution in [0.5, 0.6) is 0 Å². The van der Waals surface area contributed by atoms with Gasteiger partial charge in [-0.2, -0.15) is 0 Å². The fourth-order valence-electron chi connectivity index (χ4n) is 2.29. The third kappa shape index (κ3) is 1.46. The molecule has 0 saturated heterocycles. The van der Waals surface area contributed by atoms with Crippen LogP contribution in [0.3, 0.4) is 0 Å². The number of carbonyl (C=O) groups excluding carboxylic acids is 1. The first kappa shape index (κ1) is 11.3. The number of hydrogen-bond donors (Lipinski definition) is 1. The SMILES string of the molecule is CN1C(=O)c2ccccc2NC1(C)c1cccs1. The maximum atomic E-state index is 12.4. The van der Waals surface area contributed by atoms with Gasteiger partial charge in [0.25, 0.3) is 5.91 Å². The summed E-state index contributed by atoms with van der Waals surface area (Å²) in [5.74, 6) is 0.0558. The largest absolute Gasteiger partial charge is 0.358 e. The first-order chi connectivity index (χ1) is 8.63. The molecule has 0 bridgehead atoms. The second-order valence-corrected chi connectivity index (χ2v) is 5.53. The Morgan fingerprint density at radius 3 is 2.72 bits per heavy atom. The van der Waals surface area contributed by atoms with Crippen molar-refractivity contribution in [3.63, 3.8) is 0 Å². The molecular formula is C14H14N2OS. The number of hydrogen-bond acceptors (Lipinski definition) is 3. The number of anilines is 1. The summed E-state index contributed by atoms with van der Waals surface area (Å²) in [4.78, 5) is 15.3. The molecule has 1 aromatic carbocycles. The van der Waals surface area contributed by atoms with E-state index in [4.69, 9.17) is 0 Å². The number of fused-ring (bicyclic) bond motifs is 1. The van der Waals surface area contributed by atoms with Gasteiger partial charge in [-0.05, 0) is 30.5 Å². The quantitative estimate of drug-likeness (QED) is 0.852. The highest BCUT2D eigenvalue weighted by molar-refractivity contribution is 7.10. The first-order valence-electron chi connectivity index (χ1n) is 5.82. The number of carbonyl (C=O) groups is 1. The van der Waals surface area contributed by atoms with Crippen molar-refractivity contribution in [1.29, 1.82) is 0 Å². The molecule has 3 nitrogen and oxygen atoms in total. The Morgan fingerprint density at radius 2 is 2.00 bits per heavy atom. The van der Waals surface area contributed by atoms with Gasteiger partial charge in [0.2, 0.25) is 0 Å². The van der Waals surface area contributed by atoms with E-state index in [1.807, 2.05) is 49.7 Å². The molecule has 1 atom stereocenters. The van der Waals surface area contributed by atoms with Crippen LogP contribution in [0.1, 0.15) is 22.2 Å². The van der Waals surface area contributed by atoms with E-state index in [1.54, 1.807) is 16.2 Å². The third-order valence-electron chi connectivity index (χ3n) is 3.51. The second-order valence-electron chi connectivity index (χ2n) is 4.58. The number of para-hydroxylation sites is 1. The molecular weight excluding hydrogens is 244 g/mol. The van der Waals surface area contributed by atoms with E-state index in [2.05, 4.69) is 11.4 Å². The molecule has 92 valence electrons. The number of amides is 1. The van der Waals surface area contributed by atoms with Gasteiger partial charge in [-0.1, -0.05) is 18.2 Å². The van der Waals surface area contributed by atoms with Crippen LogP contribution in [0, 0.1) is 0 Å². The number of benzene rings is 1. The van der Waals surface area contributed by atoms with Gasteiger partial charge in [0.15, 0.2) is 0 Å². The van der Waals surface area contributed by atoms with E-state index < -0.39 is 5.66 Å². The first-order valence-corrected chi connectivity index (χ1v) is 6.70. The lowest BCUT2D eigenvalue weighted by Crippen LogP contribution is -2.53. The predicted molar refractivity (Wildman–Crippen MR) is 73.8 cm³/mol. The Bertz CT molecular complexity index is 594. The Hall–Kier alpha value is -1.81. The normalized spacial score (nSPS) is 22.6. The highest BCUT2D eigenvalue weighted by Gasteiger charge is 2.40. The summed E-state index contributed by atoms with van der Waals surface area (Å²) in [7, 11) is 1.84. The van der Waals surface area contributed by atoms with Crippen molar-refractivity contribution in [2.24, 2.45) is 0 Å². The molecule has 1 amide bonds. The van der Waals surface area contributed by atoms with Crippen LogP contribution in [-0.4, -0.2) is 17.9 Å². The minimum absolute atomic E-state index is 0.0558. The molecule has 1 N–H and O–H groups in total. The standard InChI is InChI=1S/C14H14N2OS/c1-14(12-8-5-9-18-12)15-11-7-4-3-6-10(11)13(17)16(14)2/h3-9,15H,1-2H3. The Morgan fingerprint density at radius 1 is 1.22 bits per heavy atom. The molecule has 0 fully saturated rings. The summed E-state index contributed by atoms with van der Waals surface area (Å²) in [5, 5.41) is 5.50. The van der Waals surface area contributed by atoms with Gasteiger partial charge in [0, 0.05) is 12.7 Å². The smallest absolute Gasteiger partial charge is 0.257 e. The average molecular weight is 258 g/mol. The van der Waals surface area contributed by atoms with Crippen LogP contribution in [0.2, 0.25) is 0 Å². The second kappa shape index (κ2) is 3.85. The van der Waals surface area contributed by atoms with Crippen LogP contribution in [0.4, 0.5) is 5.69 Å². The molecule has 2 heterocycles. The molecule has 3 rings (SSSR count). The number of nitrogens with one attached hydrogen (secondary N) is 1. The van der Waals surface area contributed by atoms with Gasteiger partial charge in [0.05, 0.1) is 10.4 Å².